The van der Waals surface area contributed by atoms with Gasteiger partial charge in [-0.25, -0.2) is 4.79 Å². The zero-order valence-electron chi connectivity index (χ0n) is 31.7. The smallest absolute Gasteiger partial charge is 0.335 e. The Morgan fingerprint density at radius 3 is 2.24 bits per heavy atom. The van der Waals surface area contributed by atoms with Gasteiger partial charge in [0, 0.05) is 50.7 Å². The number of allylic oxidation sites excluding steroid dienone is 2. The summed E-state index contributed by atoms with van der Waals surface area (Å²) in [4.78, 5) is 29.3. The van der Waals surface area contributed by atoms with E-state index < -0.39 is 5.97 Å². The number of benzene rings is 1. The first-order valence-electron chi connectivity index (χ1n) is 20.8. The number of amides is 1. The molecule has 0 radical (unpaired) electrons. The van der Waals surface area contributed by atoms with Crippen LogP contribution in [0.2, 0.25) is 0 Å². The van der Waals surface area contributed by atoms with Crippen molar-refractivity contribution in [2.75, 3.05) is 39.3 Å². The number of piperazine rings is 1. The molecule has 1 saturated heterocycles. The van der Waals surface area contributed by atoms with Crippen LogP contribution >= 0.6 is 0 Å². The van der Waals surface area contributed by atoms with Crippen molar-refractivity contribution in [3.8, 4) is 0 Å². The van der Waals surface area contributed by atoms with Gasteiger partial charge in [-0.1, -0.05) is 65.2 Å². The fourth-order valence-corrected chi connectivity index (χ4v) is 14.5. The van der Waals surface area contributed by atoms with Gasteiger partial charge < -0.3 is 15.3 Å². The number of carboxylic acid groups (broad SMARTS) is 1. The summed E-state index contributed by atoms with van der Waals surface area (Å²) in [6, 6.07) is 7.65. The number of hydrogen-bond donors (Lipinski definition) is 2. The van der Waals surface area contributed by atoms with Gasteiger partial charge in [-0.15, -0.1) is 0 Å². The number of carbonyl (C=O) groups excluding carboxylic acids is 1. The molecular weight excluding hydrogens is 619 g/mol. The van der Waals surface area contributed by atoms with Crippen molar-refractivity contribution in [1.82, 2.24) is 15.1 Å². The first-order chi connectivity index (χ1) is 24.0. The van der Waals surface area contributed by atoms with Gasteiger partial charge >= 0.3 is 5.97 Å². The molecule has 1 aromatic rings. The monoisotopic (exact) mass is 684 g/mol. The average Bonchev–Trinajstić information content (AvgIpc) is 3.79. The molecule has 1 aliphatic heterocycles. The molecule has 8 rings (SSSR count). The number of hydrogen-bond acceptors (Lipinski definition) is 4. The Morgan fingerprint density at radius 1 is 0.780 bits per heavy atom. The van der Waals surface area contributed by atoms with E-state index in [0.29, 0.717) is 39.7 Å². The maximum atomic E-state index is 13.0. The average molecular weight is 684 g/mol. The van der Waals surface area contributed by atoms with E-state index in [9.17, 15) is 14.7 Å². The van der Waals surface area contributed by atoms with E-state index in [1.807, 2.05) is 12.1 Å². The van der Waals surface area contributed by atoms with Crippen molar-refractivity contribution in [2.24, 2.45) is 51.8 Å². The third-order valence-corrected chi connectivity index (χ3v) is 16.8. The predicted octanol–water partition coefficient (Wildman–Crippen LogP) is 8.52. The summed E-state index contributed by atoms with van der Waals surface area (Å²) in [7, 11) is 0. The van der Waals surface area contributed by atoms with Crippen molar-refractivity contribution in [3.05, 3.63) is 41.5 Å². The van der Waals surface area contributed by atoms with Crippen molar-refractivity contribution in [3.63, 3.8) is 0 Å². The Hall–Kier alpha value is -2.18. The first-order valence-corrected chi connectivity index (χ1v) is 20.8. The van der Waals surface area contributed by atoms with Crippen LogP contribution in [0, 0.1) is 51.8 Å². The zero-order chi connectivity index (χ0) is 34.9. The van der Waals surface area contributed by atoms with Crippen molar-refractivity contribution < 1.29 is 14.7 Å². The lowest BCUT2D eigenvalue weighted by atomic mass is 9.37. The lowest BCUT2D eigenvalue weighted by molar-refractivity contribution is -0.172. The minimum Gasteiger partial charge on any atom is -0.478 e. The fraction of sp³-hybridized carbons (Fsp3) is 0.773. The van der Waals surface area contributed by atoms with E-state index in [4.69, 9.17) is 0 Å². The number of carbonyl (C=O) groups is 2. The summed E-state index contributed by atoms with van der Waals surface area (Å²) in [6.45, 7) is 16.5. The molecule has 5 saturated carbocycles. The van der Waals surface area contributed by atoms with Gasteiger partial charge in [-0.3, -0.25) is 9.69 Å². The molecule has 1 heterocycles. The van der Waals surface area contributed by atoms with Crippen LogP contribution in [0.15, 0.2) is 30.3 Å². The summed E-state index contributed by atoms with van der Waals surface area (Å²) < 4.78 is 0. The minimum atomic E-state index is -0.852. The topological polar surface area (TPSA) is 72.9 Å². The molecule has 6 aliphatic carbocycles. The highest BCUT2D eigenvalue weighted by Crippen LogP contribution is 2.72. The molecule has 0 bridgehead atoms. The number of nitrogens with one attached hydrogen (secondary N) is 1. The van der Waals surface area contributed by atoms with Crippen LogP contribution in [-0.4, -0.2) is 71.6 Å². The predicted molar refractivity (Wildman–Crippen MR) is 201 cm³/mol. The van der Waals surface area contributed by atoms with Crippen molar-refractivity contribution in [2.45, 2.75) is 123 Å². The molecular formula is C44H65N3O3. The largest absolute Gasteiger partial charge is 0.478 e. The van der Waals surface area contributed by atoms with Crippen LogP contribution in [0.1, 0.15) is 134 Å². The molecule has 0 aromatic heterocycles. The molecule has 7 aliphatic rings. The number of carboxylic acids is 1. The van der Waals surface area contributed by atoms with E-state index in [1.54, 1.807) is 12.1 Å². The minimum absolute atomic E-state index is 0.0607. The van der Waals surface area contributed by atoms with E-state index in [2.05, 4.69) is 48.9 Å². The normalized spacial score (nSPS) is 40.0. The summed E-state index contributed by atoms with van der Waals surface area (Å²) in [5.74, 6) is 3.84. The summed E-state index contributed by atoms with van der Waals surface area (Å²) in [5, 5.41) is 13.7. The van der Waals surface area contributed by atoms with E-state index >= 15 is 0 Å². The second-order valence-corrected chi connectivity index (χ2v) is 19.2. The molecule has 1 amide bonds. The van der Waals surface area contributed by atoms with Gasteiger partial charge in [0.1, 0.15) is 0 Å². The summed E-state index contributed by atoms with van der Waals surface area (Å²) in [6.07, 6.45) is 20.8. The maximum absolute atomic E-state index is 13.0. The Labute approximate surface area is 302 Å². The van der Waals surface area contributed by atoms with Crippen LogP contribution in [0.25, 0.3) is 5.57 Å². The molecule has 1 aromatic carbocycles. The quantitative estimate of drug-likeness (QED) is 0.302. The molecule has 274 valence electrons. The molecule has 4 unspecified atom stereocenters. The van der Waals surface area contributed by atoms with Gasteiger partial charge in [0.25, 0.3) is 0 Å². The van der Waals surface area contributed by atoms with Gasteiger partial charge in [0.05, 0.1) is 5.56 Å². The molecule has 6 fully saturated rings. The van der Waals surface area contributed by atoms with Crippen LogP contribution < -0.4 is 5.32 Å². The highest BCUT2D eigenvalue weighted by Gasteiger charge is 2.65. The summed E-state index contributed by atoms with van der Waals surface area (Å²) >= 11 is 0. The van der Waals surface area contributed by atoms with Crippen LogP contribution in [-0.2, 0) is 4.79 Å². The third-order valence-electron chi connectivity index (χ3n) is 16.8. The van der Waals surface area contributed by atoms with Gasteiger partial charge in [-0.2, -0.15) is 0 Å². The Bertz CT molecular complexity index is 1470. The Kier molecular flexibility index (Phi) is 9.10. The third kappa shape index (κ3) is 5.63. The standard InChI is InChI=1S/C44H65N3O3/c1-41(2)34(30-11-13-32(14-12-30)40(49)50)17-21-43(4)37(41)19-22-42(3)35-18-23-44(20-7-10-36(44)33(35)15-16-38(42)43)45-24-25-46-26-28-47(29-27-46)39(48)31-8-5-6-9-31/h11-14,17,31,33,35-38,45H,5-10,15-16,18-29H2,1-4H3,(H,49,50)/t33-,35?,36?,37?,38?,42-,43-,44-/m0/s1. The van der Waals surface area contributed by atoms with E-state index in [1.165, 1.54) is 81.8 Å². The van der Waals surface area contributed by atoms with E-state index in [-0.39, 0.29) is 5.41 Å². The van der Waals surface area contributed by atoms with Gasteiger partial charge in [0.15, 0.2) is 0 Å². The zero-order valence-corrected chi connectivity index (χ0v) is 31.7. The second kappa shape index (κ2) is 13.0. The fourth-order valence-electron chi connectivity index (χ4n) is 14.5. The molecule has 8 atom stereocenters. The molecule has 50 heavy (non-hydrogen) atoms. The first kappa shape index (κ1) is 34.9. The highest BCUT2D eigenvalue weighted by atomic mass is 16.4. The van der Waals surface area contributed by atoms with Crippen LogP contribution in [0.3, 0.4) is 0 Å². The lowest BCUT2D eigenvalue weighted by Gasteiger charge is -2.68. The lowest BCUT2D eigenvalue weighted by Crippen LogP contribution is -2.64. The molecule has 6 heteroatoms. The maximum Gasteiger partial charge on any atom is 0.335 e. The number of rotatable bonds is 7. The van der Waals surface area contributed by atoms with E-state index in [0.717, 1.165) is 82.2 Å². The number of nitrogens with zero attached hydrogens (tertiary/aromatic N) is 2. The van der Waals surface area contributed by atoms with Crippen LogP contribution in [0.4, 0.5) is 0 Å². The summed E-state index contributed by atoms with van der Waals surface area (Å²) in [5.41, 5.74) is 4.12. The van der Waals surface area contributed by atoms with Crippen LogP contribution in [0.5, 0.6) is 0 Å². The molecule has 6 nitrogen and oxygen atoms in total. The van der Waals surface area contributed by atoms with Gasteiger partial charge in [-0.05, 0) is 140 Å². The number of fused-ring (bicyclic) bond motifs is 7. The molecule has 0 spiro atoms. The van der Waals surface area contributed by atoms with Gasteiger partial charge in [0.2, 0.25) is 5.91 Å². The second-order valence-electron chi connectivity index (χ2n) is 19.2. The number of aromatic carboxylic acids is 1. The van der Waals surface area contributed by atoms with Crippen molar-refractivity contribution in [1.29, 1.82) is 0 Å². The Morgan fingerprint density at radius 2 is 1.52 bits per heavy atom. The van der Waals surface area contributed by atoms with Crippen molar-refractivity contribution >= 4 is 17.4 Å². The SMILES string of the molecule is CC1(C)C(c2ccc(C(=O)O)cc2)=CC[C@@]2(C)C1CC[C@@]1(C)C3CC[C@@]4(NCCN5CCN(C(=O)C6CCCC6)CC5)CCCC4[C@H]3CCC12. The Balaban J connectivity index is 0.919. The highest BCUT2D eigenvalue weighted by molar-refractivity contribution is 5.88. The molecule has 2 N–H and O–H groups in total.